The lowest BCUT2D eigenvalue weighted by molar-refractivity contribution is 0.0794. The number of nitrogens with one attached hydrogen (secondary N) is 1. The molecule has 2 aromatic rings. The summed E-state index contributed by atoms with van der Waals surface area (Å²) in [6.07, 6.45) is 2.03. The molecule has 2 heterocycles. The van der Waals surface area contributed by atoms with E-state index >= 15 is 0 Å². The number of amides is 2. The van der Waals surface area contributed by atoms with E-state index in [1.807, 2.05) is 29.2 Å². The molecule has 7 heteroatoms. The largest absolute Gasteiger partial charge is 0.369 e. The third kappa shape index (κ3) is 5.08. The van der Waals surface area contributed by atoms with Crippen molar-refractivity contribution in [2.45, 2.75) is 32.7 Å². The smallest absolute Gasteiger partial charge is 0.255 e. The molecule has 2 amide bonds. The zero-order valence-electron chi connectivity index (χ0n) is 18.8. The maximum absolute atomic E-state index is 12.9. The van der Waals surface area contributed by atoms with E-state index in [1.54, 1.807) is 18.2 Å². The summed E-state index contributed by atoms with van der Waals surface area (Å²) in [5.41, 5.74) is 2.60. The lowest BCUT2D eigenvalue weighted by Gasteiger charge is -2.38. The van der Waals surface area contributed by atoms with Gasteiger partial charge in [-0.1, -0.05) is 11.6 Å². The Kier molecular flexibility index (Phi) is 7.01. The Labute approximate surface area is 195 Å². The Bertz CT molecular complexity index is 962. The third-order valence-corrected chi connectivity index (χ3v) is 6.63. The first kappa shape index (κ1) is 22.6. The summed E-state index contributed by atoms with van der Waals surface area (Å²) in [5.74, 6) is -0.315. The van der Waals surface area contributed by atoms with Gasteiger partial charge < -0.3 is 15.1 Å². The van der Waals surface area contributed by atoms with E-state index in [9.17, 15) is 9.59 Å². The van der Waals surface area contributed by atoms with Crippen LogP contribution in [0.25, 0.3) is 0 Å². The van der Waals surface area contributed by atoms with Gasteiger partial charge in [0.15, 0.2) is 0 Å². The molecule has 32 heavy (non-hydrogen) atoms. The number of rotatable bonds is 5. The van der Waals surface area contributed by atoms with Crippen LogP contribution >= 0.6 is 11.6 Å². The van der Waals surface area contributed by atoms with Gasteiger partial charge in [-0.25, -0.2) is 0 Å². The highest BCUT2D eigenvalue weighted by Gasteiger charge is 2.23. The van der Waals surface area contributed by atoms with Gasteiger partial charge >= 0.3 is 0 Å². The summed E-state index contributed by atoms with van der Waals surface area (Å²) in [5, 5.41) is 3.38. The van der Waals surface area contributed by atoms with Gasteiger partial charge in [-0.05, 0) is 69.2 Å². The summed E-state index contributed by atoms with van der Waals surface area (Å²) < 4.78 is 0. The van der Waals surface area contributed by atoms with Crippen LogP contribution in [0.2, 0.25) is 5.02 Å². The minimum absolute atomic E-state index is 0.0645. The Morgan fingerprint density at radius 2 is 1.56 bits per heavy atom. The van der Waals surface area contributed by atoms with Crippen molar-refractivity contribution in [3.8, 4) is 0 Å². The fraction of sp³-hybridized carbons (Fsp3) is 0.440. The van der Waals surface area contributed by atoms with Gasteiger partial charge in [-0.15, -0.1) is 0 Å². The van der Waals surface area contributed by atoms with Gasteiger partial charge in [0.05, 0.1) is 11.3 Å². The molecule has 1 N–H and O–H groups in total. The van der Waals surface area contributed by atoms with Gasteiger partial charge in [0.25, 0.3) is 11.8 Å². The van der Waals surface area contributed by atoms with Crippen LogP contribution in [0.1, 0.15) is 47.4 Å². The maximum atomic E-state index is 12.9. The zero-order valence-corrected chi connectivity index (χ0v) is 19.6. The molecule has 2 saturated heterocycles. The Morgan fingerprint density at radius 3 is 2.19 bits per heavy atom. The van der Waals surface area contributed by atoms with Crippen molar-refractivity contribution < 1.29 is 9.59 Å². The predicted octanol–water partition coefficient (Wildman–Crippen LogP) is 4.36. The van der Waals surface area contributed by atoms with Crippen molar-refractivity contribution in [1.29, 1.82) is 0 Å². The highest BCUT2D eigenvalue weighted by atomic mass is 35.5. The quantitative estimate of drug-likeness (QED) is 0.729. The molecule has 170 valence electrons. The van der Waals surface area contributed by atoms with Crippen molar-refractivity contribution in [2.24, 2.45) is 0 Å². The molecule has 0 aromatic heterocycles. The molecule has 0 aliphatic carbocycles. The van der Waals surface area contributed by atoms with Crippen LogP contribution in [-0.2, 0) is 0 Å². The van der Waals surface area contributed by atoms with E-state index in [1.165, 1.54) is 0 Å². The first-order valence-corrected chi connectivity index (χ1v) is 11.8. The van der Waals surface area contributed by atoms with Crippen LogP contribution in [0.3, 0.4) is 0 Å². The highest BCUT2D eigenvalue weighted by molar-refractivity contribution is 6.31. The molecule has 0 bridgehead atoms. The van der Waals surface area contributed by atoms with Crippen molar-refractivity contribution in [3.63, 3.8) is 0 Å². The maximum Gasteiger partial charge on any atom is 0.255 e. The molecule has 2 fully saturated rings. The van der Waals surface area contributed by atoms with Crippen LogP contribution in [0.4, 0.5) is 11.4 Å². The second kappa shape index (κ2) is 9.92. The van der Waals surface area contributed by atoms with Crippen molar-refractivity contribution in [3.05, 3.63) is 58.6 Å². The first-order chi connectivity index (χ1) is 15.4. The average molecular weight is 455 g/mol. The summed E-state index contributed by atoms with van der Waals surface area (Å²) in [6, 6.07) is 13.3. The number of nitrogens with zero attached hydrogens (tertiary/aromatic N) is 3. The number of halogens is 1. The van der Waals surface area contributed by atoms with Crippen molar-refractivity contribution >= 4 is 34.8 Å². The van der Waals surface area contributed by atoms with E-state index in [-0.39, 0.29) is 11.8 Å². The molecule has 0 saturated carbocycles. The minimum Gasteiger partial charge on any atom is -0.369 e. The molecule has 2 aliphatic heterocycles. The Hall–Kier alpha value is -2.57. The fourth-order valence-corrected chi connectivity index (χ4v) is 4.58. The van der Waals surface area contributed by atoms with E-state index < -0.39 is 0 Å². The topological polar surface area (TPSA) is 55.9 Å². The van der Waals surface area contributed by atoms with Crippen LogP contribution in [0.5, 0.6) is 0 Å². The fourth-order valence-electron chi connectivity index (χ4n) is 4.41. The van der Waals surface area contributed by atoms with E-state index in [0.29, 0.717) is 27.9 Å². The molecule has 6 nitrogen and oxygen atoms in total. The molecule has 2 aliphatic rings. The second-order valence-corrected chi connectivity index (χ2v) is 9.24. The highest BCUT2D eigenvalue weighted by Crippen LogP contribution is 2.25. The van der Waals surface area contributed by atoms with Crippen LogP contribution in [0, 0.1) is 0 Å². The molecule has 0 atom stereocenters. The number of benzene rings is 2. The van der Waals surface area contributed by atoms with Crippen LogP contribution in [-0.4, -0.2) is 66.9 Å². The molecular weight excluding hydrogens is 424 g/mol. The summed E-state index contributed by atoms with van der Waals surface area (Å²) in [4.78, 5) is 32.5. The first-order valence-electron chi connectivity index (χ1n) is 11.4. The standard InChI is InChI=1S/C25H31ClN4O2/c1-18(2)28-13-15-29(16-14-28)21-8-5-19(6-9-21)24(31)27-23-17-20(26)7-10-22(23)25(32)30-11-3-4-12-30/h5-10,17-18H,3-4,11-16H2,1-2H3,(H,27,31). The molecular formula is C25H31ClN4O2. The number of carbonyl (C=O) groups excluding carboxylic acids is 2. The van der Waals surface area contributed by atoms with Gasteiger partial charge in [-0.3, -0.25) is 14.5 Å². The lowest BCUT2D eigenvalue weighted by atomic mass is 10.1. The monoisotopic (exact) mass is 454 g/mol. The number of piperazine rings is 1. The van der Waals surface area contributed by atoms with E-state index in [4.69, 9.17) is 11.6 Å². The normalized spacial score (nSPS) is 17.1. The number of hydrogen-bond donors (Lipinski definition) is 1. The molecule has 0 radical (unpaired) electrons. The Balaban J connectivity index is 1.44. The van der Waals surface area contributed by atoms with Gasteiger partial charge in [-0.2, -0.15) is 0 Å². The second-order valence-electron chi connectivity index (χ2n) is 8.81. The van der Waals surface area contributed by atoms with E-state index in [2.05, 4.69) is 29.0 Å². The summed E-state index contributed by atoms with van der Waals surface area (Å²) >= 11 is 6.16. The van der Waals surface area contributed by atoms with Gasteiger partial charge in [0, 0.05) is 61.6 Å². The molecule has 4 rings (SSSR count). The number of carbonyl (C=O) groups is 2. The predicted molar refractivity (Wildman–Crippen MR) is 130 cm³/mol. The number of anilines is 2. The molecule has 2 aromatic carbocycles. The van der Waals surface area contributed by atoms with Gasteiger partial charge in [0.2, 0.25) is 0 Å². The molecule has 0 spiro atoms. The molecule has 0 unspecified atom stereocenters. The third-order valence-electron chi connectivity index (χ3n) is 6.39. The lowest BCUT2D eigenvalue weighted by Crippen LogP contribution is -2.48. The Morgan fingerprint density at radius 1 is 0.906 bits per heavy atom. The number of likely N-dealkylation sites (tertiary alicyclic amines) is 1. The van der Waals surface area contributed by atoms with Crippen molar-refractivity contribution in [1.82, 2.24) is 9.80 Å². The van der Waals surface area contributed by atoms with E-state index in [0.717, 1.165) is 57.8 Å². The van der Waals surface area contributed by atoms with Crippen LogP contribution in [0.15, 0.2) is 42.5 Å². The summed E-state index contributed by atoms with van der Waals surface area (Å²) in [7, 11) is 0. The van der Waals surface area contributed by atoms with Gasteiger partial charge in [0.1, 0.15) is 0 Å². The average Bonchev–Trinajstić information content (AvgIpc) is 3.34. The van der Waals surface area contributed by atoms with Crippen molar-refractivity contribution in [2.75, 3.05) is 49.5 Å². The summed E-state index contributed by atoms with van der Waals surface area (Å²) in [6.45, 7) is 10.0. The minimum atomic E-state index is -0.251. The number of hydrogen-bond acceptors (Lipinski definition) is 4. The zero-order chi connectivity index (χ0) is 22.7. The SMILES string of the molecule is CC(C)N1CCN(c2ccc(C(=O)Nc3cc(Cl)ccc3C(=O)N3CCCC3)cc2)CC1. The van der Waals surface area contributed by atoms with Crippen LogP contribution < -0.4 is 10.2 Å².